The minimum atomic E-state index is 0.411. The number of allylic oxidation sites excluding steroid dienone is 1. The summed E-state index contributed by atoms with van der Waals surface area (Å²) in [5.74, 6) is 0. The number of benzene rings is 1. The Hall–Kier alpha value is -0.650. The van der Waals surface area contributed by atoms with Crippen molar-refractivity contribution in [3.8, 4) is 0 Å². The number of hydrogen-bond acceptors (Lipinski definition) is 1. The molecule has 0 saturated carbocycles. The van der Waals surface area contributed by atoms with Gasteiger partial charge in [-0.1, -0.05) is 38.9 Å². The van der Waals surface area contributed by atoms with Crippen molar-refractivity contribution in [3.63, 3.8) is 0 Å². The summed E-state index contributed by atoms with van der Waals surface area (Å²) in [4.78, 5) is 0. The third-order valence-electron chi connectivity index (χ3n) is 2.50. The second kappa shape index (κ2) is 2.94. The lowest BCUT2D eigenvalue weighted by atomic mass is 10.1. The van der Waals surface area contributed by atoms with Gasteiger partial charge < -0.3 is 4.74 Å². The van der Waals surface area contributed by atoms with Gasteiger partial charge in [0, 0.05) is 0 Å². The van der Waals surface area contributed by atoms with Crippen LogP contribution in [0.5, 0.6) is 0 Å². The van der Waals surface area contributed by atoms with Gasteiger partial charge in [0.05, 0.1) is 6.61 Å². The first-order valence-electron chi connectivity index (χ1n) is 4.60. The Labute approximate surface area is 79.6 Å². The Bertz CT molecular complexity index is 366. The number of hydrogen-bond donors (Lipinski definition) is 0. The Kier molecular flexibility index (Phi) is 1.74. The molecule has 0 N–H and O–H groups in total. The first-order chi connectivity index (χ1) is 6.45. The maximum atomic E-state index is 5.34. The first-order valence-corrected chi connectivity index (χ1v) is 5.81. The van der Waals surface area contributed by atoms with Gasteiger partial charge in [-0.3, -0.25) is 0 Å². The van der Waals surface area contributed by atoms with E-state index in [2.05, 4.69) is 30.4 Å². The van der Waals surface area contributed by atoms with Gasteiger partial charge in [0.1, 0.15) is 6.10 Å². The van der Waals surface area contributed by atoms with E-state index in [-0.39, 0.29) is 0 Å². The maximum absolute atomic E-state index is 5.34. The minimum absolute atomic E-state index is 0.411. The Morgan fingerprint density at radius 1 is 1.38 bits per heavy atom. The lowest BCUT2D eigenvalue weighted by Crippen LogP contribution is -2.10. The van der Waals surface area contributed by atoms with E-state index in [1.165, 1.54) is 22.6 Å². The van der Waals surface area contributed by atoms with Gasteiger partial charge >= 0.3 is 0 Å². The fourth-order valence-corrected chi connectivity index (χ4v) is 3.03. The SMILES string of the molecule is C1=Cc2cccc(C3CO3)c2PC1. The predicted octanol–water partition coefficient (Wildman–Crippen LogP) is 2.09. The molecule has 1 aromatic carbocycles. The summed E-state index contributed by atoms with van der Waals surface area (Å²) in [6, 6.07) is 6.54. The molecule has 0 spiro atoms. The highest BCUT2D eigenvalue weighted by atomic mass is 31.1. The number of epoxide rings is 1. The van der Waals surface area contributed by atoms with E-state index in [0.717, 1.165) is 15.2 Å². The molecule has 1 fully saturated rings. The fourth-order valence-electron chi connectivity index (χ4n) is 1.77. The minimum Gasteiger partial charge on any atom is -0.368 e. The van der Waals surface area contributed by atoms with Crippen molar-refractivity contribution in [3.05, 3.63) is 35.4 Å². The molecule has 2 atom stereocenters. The molecule has 2 aliphatic heterocycles. The summed E-state index contributed by atoms with van der Waals surface area (Å²) in [6.07, 6.45) is 6.11. The predicted molar refractivity (Wildman–Crippen MR) is 57.0 cm³/mol. The van der Waals surface area contributed by atoms with Crippen LogP contribution >= 0.6 is 8.58 Å². The van der Waals surface area contributed by atoms with Crippen molar-refractivity contribution in [2.24, 2.45) is 0 Å². The molecular formula is C11H11OP. The van der Waals surface area contributed by atoms with Crippen molar-refractivity contribution < 1.29 is 4.74 Å². The van der Waals surface area contributed by atoms with Crippen LogP contribution in [0.25, 0.3) is 6.08 Å². The van der Waals surface area contributed by atoms with Crippen LogP contribution < -0.4 is 5.30 Å². The molecular weight excluding hydrogens is 179 g/mol. The standard InChI is InChI=1S/C11H11OP/c1-3-8-4-2-6-13-11(8)9(5-1)10-7-12-10/h1-5,10,13H,6-7H2. The lowest BCUT2D eigenvalue weighted by Gasteiger charge is -2.13. The van der Waals surface area contributed by atoms with Gasteiger partial charge in [-0.05, 0) is 22.6 Å². The second-order valence-corrected chi connectivity index (χ2v) is 4.68. The smallest absolute Gasteiger partial charge is 0.107 e. The van der Waals surface area contributed by atoms with Crippen LogP contribution in [0, 0.1) is 0 Å². The average Bonchev–Trinajstić information content (AvgIpc) is 3.00. The van der Waals surface area contributed by atoms with Crippen LogP contribution in [-0.4, -0.2) is 12.8 Å². The summed E-state index contributed by atoms with van der Waals surface area (Å²) in [6.45, 7) is 0.921. The highest BCUT2D eigenvalue weighted by Crippen LogP contribution is 2.33. The van der Waals surface area contributed by atoms with Crippen LogP contribution in [0.4, 0.5) is 0 Å². The average molecular weight is 190 g/mol. The molecule has 1 saturated heterocycles. The van der Waals surface area contributed by atoms with Gasteiger partial charge in [0.2, 0.25) is 0 Å². The number of rotatable bonds is 1. The quantitative estimate of drug-likeness (QED) is 0.488. The lowest BCUT2D eigenvalue weighted by molar-refractivity contribution is 0.416. The van der Waals surface area contributed by atoms with Crippen molar-refractivity contribution >= 4 is 20.0 Å². The molecule has 3 rings (SSSR count). The van der Waals surface area contributed by atoms with Crippen LogP contribution in [0.15, 0.2) is 24.3 Å². The van der Waals surface area contributed by atoms with Crippen molar-refractivity contribution in [1.82, 2.24) is 0 Å². The van der Waals surface area contributed by atoms with E-state index in [1.54, 1.807) is 0 Å². The van der Waals surface area contributed by atoms with E-state index in [0.29, 0.717) is 6.10 Å². The summed E-state index contributed by atoms with van der Waals surface area (Å²) in [5, 5.41) is 1.53. The molecule has 2 aliphatic rings. The number of ether oxygens (including phenoxy) is 1. The molecule has 1 nitrogen and oxygen atoms in total. The van der Waals surface area contributed by atoms with Crippen LogP contribution in [0.1, 0.15) is 17.2 Å². The van der Waals surface area contributed by atoms with Gasteiger partial charge in [-0.15, -0.1) is 0 Å². The zero-order chi connectivity index (χ0) is 8.67. The van der Waals surface area contributed by atoms with Crippen LogP contribution in [-0.2, 0) is 4.74 Å². The van der Waals surface area contributed by atoms with Crippen molar-refractivity contribution in [1.29, 1.82) is 0 Å². The van der Waals surface area contributed by atoms with Gasteiger partial charge in [-0.25, -0.2) is 0 Å². The highest BCUT2D eigenvalue weighted by Gasteiger charge is 2.28. The third-order valence-corrected chi connectivity index (χ3v) is 3.87. The molecule has 0 amide bonds. The van der Waals surface area contributed by atoms with Gasteiger partial charge in [-0.2, -0.15) is 0 Å². The molecule has 1 aromatic rings. The third kappa shape index (κ3) is 1.33. The first kappa shape index (κ1) is 7.73. The summed E-state index contributed by atoms with van der Waals surface area (Å²) < 4.78 is 5.34. The topological polar surface area (TPSA) is 12.5 Å². The normalized spacial score (nSPS) is 26.0. The fraction of sp³-hybridized carbons (Fsp3) is 0.273. The number of fused-ring (bicyclic) bond motifs is 1. The summed E-state index contributed by atoms with van der Waals surface area (Å²) in [5.41, 5.74) is 2.83. The van der Waals surface area contributed by atoms with Crippen molar-refractivity contribution in [2.45, 2.75) is 6.10 Å². The summed E-state index contributed by atoms with van der Waals surface area (Å²) >= 11 is 0. The van der Waals surface area contributed by atoms with E-state index < -0.39 is 0 Å². The van der Waals surface area contributed by atoms with E-state index >= 15 is 0 Å². The molecule has 0 aromatic heterocycles. The molecule has 0 bridgehead atoms. The van der Waals surface area contributed by atoms with Gasteiger partial charge in [0.25, 0.3) is 0 Å². The van der Waals surface area contributed by atoms with Crippen LogP contribution in [0.3, 0.4) is 0 Å². The van der Waals surface area contributed by atoms with Gasteiger partial charge in [0.15, 0.2) is 0 Å². The summed E-state index contributed by atoms with van der Waals surface area (Å²) in [7, 11) is 0.938. The van der Waals surface area contributed by atoms with Crippen LogP contribution in [0.2, 0.25) is 0 Å². The largest absolute Gasteiger partial charge is 0.368 e. The Morgan fingerprint density at radius 3 is 3.15 bits per heavy atom. The zero-order valence-electron chi connectivity index (χ0n) is 7.29. The molecule has 13 heavy (non-hydrogen) atoms. The molecule has 2 heterocycles. The Morgan fingerprint density at radius 2 is 2.31 bits per heavy atom. The van der Waals surface area contributed by atoms with E-state index in [1.807, 2.05) is 0 Å². The maximum Gasteiger partial charge on any atom is 0.107 e. The molecule has 0 aliphatic carbocycles. The monoisotopic (exact) mass is 190 g/mol. The zero-order valence-corrected chi connectivity index (χ0v) is 8.29. The molecule has 2 unspecified atom stereocenters. The molecule has 2 heteroatoms. The molecule has 0 radical (unpaired) electrons. The van der Waals surface area contributed by atoms with E-state index in [9.17, 15) is 0 Å². The van der Waals surface area contributed by atoms with E-state index in [4.69, 9.17) is 4.74 Å². The molecule has 66 valence electrons. The second-order valence-electron chi connectivity index (χ2n) is 3.42. The Balaban J connectivity index is 2.14. The van der Waals surface area contributed by atoms with Crippen molar-refractivity contribution in [2.75, 3.05) is 12.8 Å². The highest BCUT2D eigenvalue weighted by molar-refractivity contribution is 7.47.